The summed E-state index contributed by atoms with van der Waals surface area (Å²) < 4.78 is 6.45. The number of hydrogen-bond acceptors (Lipinski definition) is 3. The number of nitrogens with two attached hydrogens (primary N) is 1. The second-order valence-electron chi connectivity index (χ2n) is 6.11. The average Bonchev–Trinajstić information content (AvgIpc) is 2.79. The zero-order valence-electron chi connectivity index (χ0n) is 12.1. The molecule has 1 aromatic carbocycles. The Labute approximate surface area is 128 Å². The second kappa shape index (κ2) is 5.64. The smallest absolute Gasteiger partial charge is 0.410 e. The van der Waals surface area contributed by atoms with Gasteiger partial charge in [0.15, 0.2) is 0 Å². The molecule has 1 aromatic rings. The molecule has 20 heavy (non-hydrogen) atoms. The van der Waals surface area contributed by atoms with E-state index in [4.69, 9.17) is 10.5 Å². The highest BCUT2D eigenvalue weighted by Crippen LogP contribution is 2.37. The van der Waals surface area contributed by atoms with Crippen molar-refractivity contribution in [2.75, 3.05) is 12.3 Å². The van der Waals surface area contributed by atoms with Crippen LogP contribution in [0.15, 0.2) is 22.7 Å². The van der Waals surface area contributed by atoms with E-state index in [0.29, 0.717) is 12.2 Å². The van der Waals surface area contributed by atoms with Crippen LogP contribution in [0.1, 0.15) is 45.2 Å². The molecule has 0 saturated carbocycles. The predicted octanol–water partition coefficient (Wildman–Crippen LogP) is 4.10. The number of amides is 1. The van der Waals surface area contributed by atoms with Gasteiger partial charge >= 0.3 is 6.09 Å². The number of rotatable bonds is 1. The highest BCUT2D eigenvalue weighted by Gasteiger charge is 2.34. The minimum atomic E-state index is -0.479. The Morgan fingerprint density at radius 3 is 2.80 bits per heavy atom. The van der Waals surface area contributed by atoms with E-state index in [1.165, 1.54) is 0 Å². The third-order valence-corrected chi connectivity index (χ3v) is 3.78. The van der Waals surface area contributed by atoms with Crippen LogP contribution < -0.4 is 5.73 Å². The van der Waals surface area contributed by atoms with Crippen LogP contribution >= 0.6 is 15.9 Å². The van der Waals surface area contributed by atoms with Crippen molar-refractivity contribution in [1.29, 1.82) is 0 Å². The molecule has 0 unspecified atom stereocenters. The van der Waals surface area contributed by atoms with E-state index in [1.807, 2.05) is 39.0 Å². The first-order valence-electron chi connectivity index (χ1n) is 6.82. The number of likely N-dealkylation sites (tertiary alicyclic amines) is 1. The van der Waals surface area contributed by atoms with Gasteiger partial charge in [-0.05, 0) is 57.4 Å². The molecule has 0 bridgehead atoms. The van der Waals surface area contributed by atoms with E-state index in [0.717, 1.165) is 22.9 Å². The van der Waals surface area contributed by atoms with E-state index < -0.39 is 5.60 Å². The summed E-state index contributed by atoms with van der Waals surface area (Å²) in [6.45, 7) is 6.35. The third-order valence-electron chi connectivity index (χ3n) is 3.29. The molecule has 1 fully saturated rings. The van der Waals surface area contributed by atoms with Gasteiger partial charge in [0.2, 0.25) is 0 Å². The van der Waals surface area contributed by atoms with Crippen LogP contribution in [-0.2, 0) is 4.74 Å². The molecule has 0 radical (unpaired) electrons. The van der Waals surface area contributed by atoms with Crippen LogP contribution in [0.2, 0.25) is 0 Å². The van der Waals surface area contributed by atoms with Gasteiger partial charge in [-0.3, -0.25) is 0 Å². The zero-order chi connectivity index (χ0) is 14.9. The molecule has 0 aliphatic carbocycles. The van der Waals surface area contributed by atoms with E-state index in [2.05, 4.69) is 15.9 Å². The first-order chi connectivity index (χ1) is 9.28. The lowest BCUT2D eigenvalue weighted by Gasteiger charge is -2.29. The van der Waals surface area contributed by atoms with Crippen molar-refractivity contribution < 1.29 is 9.53 Å². The fourth-order valence-electron chi connectivity index (χ4n) is 2.46. The van der Waals surface area contributed by atoms with Gasteiger partial charge in [0, 0.05) is 16.7 Å². The number of carbonyl (C=O) groups excluding carboxylic acids is 1. The molecule has 1 saturated heterocycles. The summed E-state index contributed by atoms with van der Waals surface area (Å²) in [5, 5.41) is 0. The van der Waals surface area contributed by atoms with Gasteiger partial charge in [-0.25, -0.2) is 4.79 Å². The van der Waals surface area contributed by atoms with Crippen LogP contribution in [-0.4, -0.2) is 23.1 Å². The van der Waals surface area contributed by atoms with Crippen molar-refractivity contribution in [1.82, 2.24) is 4.90 Å². The largest absolute Gasteiger partial charge is 0.444 e. The van der Waals surface area contributed by atoms with E-state index >= 15 is 0 Å². The molecule has 4 nitrogen and oxygen atoms in total. The van der Waals surface area contributed by atoms with Crippen LogP contribution in [0.3, 0.4) is 0 Å². The normalized spacial score (nSPS) is 19.2. The topological polar surface area (TPSA) is 55.6 Å². The molecule has 0 spiro atoms. The van der Waals surface area contributed by atoms with E-state index in [-0.39, 0.29) is 12.1 Å². The molecular formula is C15H21BrN2O2. The Kier molecular flexibility index (Phi) is 4.28. The van der Waals surface area contributed by atoms with E-state index in [1.54, 1.807) is 4.90 Å². The van der Waals surface area contributed by atoms with Gasteiger partial charge in [-0.1, -0.05) is 15.9 Å². The Balaban J connectivity index is 2.23. The molecule has 1 aliphatic heterocycles. The molecule has 1 amide bonds. The fourth-order valence-corrected chi connectivity index (χ4v) is 2.84. The van der Waals surface area contributed by atoms with Crippen molar-refractivity contribution >= 4 is 27.7 Å². The number of hydrogen-bond donors (Lipinski definition) is 1. The molecule has 1 atom stereocenters. The summed E-state index contributed by atoms with van der Waals surface area (Å²) in [4.78, 5) is 14.1. The molecule has 2 N–H and O–H groups in total. The minimum Gasteiger partial charge on any atom is -0.444 e. The lowest BCUT2D eigenvalue weighted by molar-refractivity contribution is 0.0225. The van der Waals surface area contributed by atoms with Crippen LogP contribution in [0.25, 0.3) is 0 Å². The van der Waals surface area contributed by atoms with E-state index in [9.17, 15) is 4.79 Å². The first kappa shape index (κ1) is 15.2. The monoisotopic (exact) mass is 340 g/mol. The maximum Gasteiger partial charge on any atom is 0.410 e. The Morgan fingerprint density at radius 2 is 2.15 bits per heavy atom. The third kappa shape index (κ3) is 3.45. The fraction of sp³-hybridized carbons (Fsp3) is 0.533. The lowest BCUT2D eigenvalue weighted by atomic mass is 10.0. The highest BCUT2D eigenvalue weighted by atomic mass is 79.9. The molecule has 1 heterocycles. The Morgan fingerprint density at radius 1 is 1.45 bits per heavy atom. The van der Waals surface area contributed by atoms with Gasteiger partial charge in [0.25, 0.3) is 0 Å². The summed E-state index contributed by atoms with van der Waals surface area (Å²) in [6.07, 6.45) is 1.62. The van der Waals surface area contributed by atoms with Gasteiger partial charge in [0.05, 0.1) is 6.04 Å². The average molecular weight is 341 g/mol. The number of nitrogen functional groups attached to an aromatic ring is 1. The van der Waals surface area contributed by atoms with Gasteiger partial charge in [-0.2, -0.15) is 0 Å². The maximum atomic E-state index is 12.3. The molecule has 0 aromatic heterocycles. The molecule has 2 rings (SSSR count). The van der Waals surface area contributed by atoms with Crippen molar-refractivity contribution in [3.63, 3.8) is 0 Å². The summed E-state index contributed by atoms with van der Waals surface area (Å²) >= 11 is 3.46. The minimum absolute atomic E-state index is 0.00218. The maximum absolute atomic E-state index is 12.3. The second-order valence-corrected chi connectivity index (χ2v) is 7.02. The molecular weight excluding hydrogens is 320 g/mol. The predicted molar refractivity (Wildman–Crippen MR) is 83.5 cm³/mol. The SMILES string of the molecule is CC(C)(C)OC(=O)N1CCC[C@H]1c1cc(Br)ccc1N. The lowest BCUT2D eigenvalue weighted by Crippen LogP contribution is -2.36. The van der Waals surface area contributed by atoms with Crippen molar-refractivity contribution in [2.45, 2.75) is 45.3 Å². The number of ether oxygens (including phenoxy) is 1. The number of anilines is 1. The van der Waals surface area contributed by atoms with Crippen molar-refractivity contribution in [2.24, 2.45) is 0 Å². The quantitative estimate of drug-likeness (QED) is 0.783. The van der Waals surface area contributed by atoms with Crippen molar-refractivity contribution in [3.8, 4) is 0 Å². The zero-order valence-corrected chi connectivity index (χ0v) is 13.7. The Bertz CT molecular complexity index is 511. The first-order valence-corrected chi connectivity index (χ1v) is 7.62. The number of benzene rings is 1. The van der Waals surface area contributed by atoms with Gasteiger partial charge in [-0.15, -0.1) is 0 Å². The van der Waals surface area contributed by atoms with Crippen LogP contribution in [0.4, 0.5) is 10.5 Å². The molecule has 1 aliphatic rings. The van der Waals surface area contributed by atoms with Gasteiger partial charge < -0.3 is 15.4 Å². The standard InChI is InChI=1S/C15H21BrN2O2/c1-15(2,3)20-14(19)18-8-4-5-13(18)11-9-10(16)6-7-12(11)17/h6-7,9,13H,4-5,8,17H2,1-3H3/t13-/m0/s1. The summed E-state index contributed by atoms with van der Waals surface area (Å²) in [6, 6.07) is 5.77. The number of nitrogens with zero attached hydrogens (tertiary/aromatic N) is 1. The molecule has 110 valence electrons. The van der Waals surface area contributed by atoms with Crippen molar-refractivity contribution in [3.05, 3.63) is 28.2 Å². The molecule has 5 heteroatoms. The summed E-state index contributed by atoms with van der Waals surface area (Å²) in [7, 11) is 0. The van der Waals surface area contributed by atoms with Crippen LogP contribution in [0.5, 0.6) is 0 Å². The Hall–Kier alpha value is -1.23. The highest BCUT2D eigenvalue weighted by molar-refractivity contribution is 9.10. The summed E-state index contributed by atoms with van der Waals surface area (Å²) in [5.41, 5.74) is 7.29. The number of carbonyl (C=O) groups is 1. The number of halogens is 1. The summed E-state index contributed by atoms with van der Waals surface area (Å²) in [5.74, 6) is 0. The van der Waals surface area contributed by atoms with Gasteiger partial charge in [0.1, 0.15) is 5.60 Å². The van der Waals surface area contributed by atoms with Crippen LogP contribution in [0, 0.1) is 0 Å².